The molecule has 3 rings (SSSR count). The van der Waals surface area contributed by atoms with Crippen molar-refractivity contribution in [2.75, 3.05) is 13.1 Å². The van der Waals surface area contributed by atoms with Gasteiger partial charge < -0.3 is 0 Å². The Morgan fingerprint density at radius 2 is 1.06 bits per heavy atom. The molecule has 0 spiro atoms. The molecule has 0 saturated carbocycles. The lowest BCUT2D eigenvalue weighted by Crippen LogP contribution is -2.53. The summed E-state index contributed by atoms with van der Waals surface area (Å²) in [6, 6.07) is 20.1. The molecule has 1 heterocycles. The largest absolute Gasteiger partial charge is 0.333 e. The molecular weight excluding hydrogens is 400 g/mol. The van der Waals surface area contributed by atoms with E-state index in [2.05, 4.69) is 24.3 Å². The average Bonchev–Trinajstić information content (AvgIpc) is 2.83. The van der Waals surface area contributed by atoms with Gasteiger partial charge in [-0.05, 0) is 56.1 Å². The van der Waals surface area contributed by atoms with E-state index < -0.39 is 6.03 Å². The van der Waals surface area contributed by atoms with Crippen LogP contribution in [0.3, 0.4) is 0 Å². The van der Waals surface area contributed by atoms with Gasteiger partial charge in [0.05, 0.1) is 0 Å². The van der Waals surface area contributed by atoms with Gasteiger partial charge in [-0.25, -0.2) is 4.79 Å². The van der Waals surface area contributed by atoms with E-state index in [9.17, 15) is 14.4 Å². The highest BCUT2D eigenvalue weighted by Crippen LogP contribution is 2.16. The zero-order chi connectivity index (χ0) is 22.6. The second kappa shape index (κ2) is 12.8. The Morgan fingerprint density at radius 3 is 1.56 bits per heavy atom. The Labute approximate surface area is 191 Å². The van der Waals surface area contributed by atoms with Crippen molar-refractivity contribution in [3.63, 3.8) is 0 Å². The predicted octanol–water partition coefficient (Wildman–Crippen LogP) is 5.38. The molecule has 0 aromatic heterocycles. The quantitative estimate of drug-likeness (QED) is 0.446. The van der Waals surface area contributed by atoms with Crippen molar-refractivity contribution < 1.29 is 14.4 Å². The number of carbonyl (C=O) groups is 3. The lowest BCUT2D eigenvalue weighted by atomic mass is 10.1. The Morgan fingerprint density at radius 1 is 0.625 bits per heavy atom. The van der Waals surface area contributed by atoms with E-state index in [1.807, 2.05) is 36.4 Å². The number of rotatable bonds is 11. The number of nitrogens with zero attached hydrogens (tertiary/aromatic N) is 2. The second-order valence-electron chi connectivity index (χ2n) is 8.47. The highest BCUT2D eigenvalue weighted by atomic mass is 16.2. The number of hydrogen-bond acceptors (Lipinski definition) is 3. The Bertz CT molecular complexity index is 867. The molecular formula is C27H34N2O3. The van der Waals surface area contributed by atoms with E-state index >= 15 is 0 Å². The van der Waals surface area contributed by atoms with Gasteiger partial charge >= 0.3 is 6.03 Å². The summed E-state index contributed by atoms with van der Waals surface area (Å²) in [5, 5.41) is 0. The van der Waals surface area contributed by atoms with Crippen LogP contribution >= 0.6 is 0 Å². The van der Waals surface area contributed by atoms with Crippen LogP contribution in [-0.2, 0) is 22.4 Å². The van der Waals surface area contributed by atoms with Gasteiger partial charge in [0.2, 0.25) is 11.8 Å². The second-order valence-corrected chi connectivity index (χ2v) is 8.47. The van der Waals surface area contributed by atoms with Crippen molar-refractivity contribution in [2.24, 2.45) is 0 Å². The Balaban J connectivity index is 1.35. The topological polar surface area (TPSA) is 57.7 Å². The maximum Gasteiger partial charge on any atom is 0.333 e. The molecule has 0 radical (unpaired) electrons. The predicted molar refractivity (Wildman–Crippen MR) is 126 cm³/mol. The minimum atomic E-state index is -0.432. The van der Waals surface area contributed by atoms with Gasteiger partial charge in [-0.2, -0.15) is 0 Å². The number of aryl methyl sites for hydroxylation is 2. The van der Waals surface area contributed by atoms with E-state index in [1.54, 1.807) is 0 Å². The first-order valence-electron chi connectivity index (χ1n) is 11.9. The van der Waals surface area contributed by atoms with Crippen LogP contribution in [0, 0.1) is 0 Å². The molecule has 1 aliphatic rings. The summed E-state index contributed by atoms with van der Waals surface area (Å²) in [5.41, 5.74) is 2.57. The minimum absolute atomic E-state index is 0.156. The van der Waals surface area contributed by atoms with Gasteiger partial charge in [-0.3, -0.25) is 19.4 Å². The first-order chi connectivity index (χ1) is 15.6. The van der Waals surface area contributed by atoms with Crippen molar-refractivity contribution >= 4 is 17.8 Å². The molecule has 4 amide bonds. The lowest BCUT2D eigenvalue weighted by Gasteiger charge is -2.33. The van der Waals surface area contributed by atoms with Gasteiger partial charge in [-0.1, -0.05) is 67.1 Å². The number of carbonyl (C=O) groups excluding carboxylic acids is 3. The number of amides is 4. The van der Waals surface area contributed by atoms with Crippen molar-refractivity contribution in [3.05, 3.63) is 71.8 Å². The molecule has 5 heteroatoms. The summed E-state index contributed by atoms with van der Waals surface area (Å²) in [5.74, 6) is -0.320. The van der Waals surface area contributed by atoms with Crippen LogP contribution in [0.1, 0.15) is 62.5 Å². The lowest BCUT2D eigenvalue weighted by molar-refractivity contribution is -0.133. The summed E-state index contributed by atoms with van der Waals surface area (Å²) in [6.45, 7) is 0.830. The number of hydrogen-bond donors (Lipinski definition) is 0. The Hall–Kier alpha value is -2.95. The molecule has 2 aromatic carbocycles. The number of benzene rings is 2. The summed E-state index contributed by atoms with van der Waals surface area (Å²) >= 11 is 0. The number of unbranched alkanes of at least 4 members (excludes halogenated alkanes) is 3. The molecule has 1 fully saturated rings. The fourth-order valence-corrected chi connectivity index (χ4v) is 4.13. The Kier molecular flexibility index (Phi) is 9.48. The monoisotopic (exact) mass is 434 g/mol. The number of urea groups is 1. The first-order valence-corrected chi connectivity index (χ1v) is 11.9. The van der Waals surface area contributed by atoms with Crippen LogP contribution in [0.2, 0.25) is 0 Å². The van der Waals surface area contributed by atoms with E-state index in [1.165, 1.54) is 20.9 Å². The molecule has 32 heavy (non-hydrogen) atoms. The average molecular weight is 435 g/mol. The van der Waals surface area contributed by atoms with Gasteiger partial charge in [0.15, 0.2) is 0 Å². The van der Waals surface area contributed by atoms with Gasteiger partial charge in [0.25, 0.3) is 0 Å². The molecule has 170 valence electrons. The van der Waals surface area contributed by atoms with Crippen LogP contribution in [0.15, 0.2) is 60.7 Å². The third kappa shape index (κ3) is 7.33. The van der Waals surface area contributed by atoms with Gasteiger partial charge in [0, 0.05) is 25.9 Å². The molecule has 0 aliphatic carbocycles. The molecule has 2 aromatic rings. The summed E-state index contributed by atoms with van der Waals surface area (Å²) in [6.07, 6.45) is 7.69. The van der Waals surface area contributed by atoms with Crippen molar-refractivity contribution in [2.45, 2.75) is 64.2 Å². The van der Waals surface area contributed by atoms with Crippen molar-refractivity contribution in [1.82, 2.24) is 9.80 Å². The molecule has 1 aliphatic heterocycles. The number of imide groups is 2. The van der Waals surface area contributed by atoms with E-state index in [4.69, 9.17) is 0 Å². The molecule has 0 N–H and O–H groups in total. The molecule has 5 nitrogen and oxygen atoms in total. The van der Waals surface area contributed by atoms with Crippen LogP contribution in [0.25, 0.3) is 0 Å². The molecule has 1 saturated heterocycles. The zero-order valence-electron chi connectivity index (χ0n) is 18.9. The van der Waals surface area contributed by atoms with E-state index in [-0.39, 0.29) is 11.8 Å². The van der Waals surface area contributed by atoms with E-state index in [0.717, 1.165) is 44.9 Å². The van der Waals surface area contributed by atoms with Crippen LogP contribution < -0.4 is 0 Å². The van der Waals surface area contributed by atoms with Crippen LogP contribution in [-0.4, -0.2) is 40.7 Å². The summed E-state index contributed by atoms with van der Waals surface area (Å²) in [4.78, 5) is 40.5. The summed E-state index contributed by atoms with van der Waals surface area (Å²) < 4.78 is 0. The fraction of sp³-hybridized carbons (Fsp3) is 0.444. The van der Waals surface area contributed by atoms with Crippen LogP contribution in [0.4, 0.5) is 4.79 Å². The normalized spacial score (nSPS) is 13.9. The van der Waals surface area contributed by atoms with Crippen molar-refractivity contribution in [1.29, 1.82) is 0 Å². The maximum absolute atomic E-state index is 12.7. The molecule has 0 bridgehead atoms. The highest BCUT2D eigenvalue weighted by molar-refractivity contribution is 6.02. The third-order valence-corrected chi connectivity index (χ3v) is 5.98. The fourth-order valence-electron chi connectivity index (χ4n) is 4.13. The third-order valence-electron chi connectivity index (χ3n) is 5.98. The van der Waals surface area contributed by atoms with Gasteiger partial charge in [-0.15, -0.1) is 0 Å². The van der Waals surface area contributed by atoms with Crippen LogP contribution in [0.5, 0.6) is 0 Å². The standard InChI is InChI=1S/C27H34N2O3/c30-25(19-9-3-8-17-23-13-4-1-5-14-23)28-21-12-22-29(27(28)32)26(31)20-11-10-18-24-15-6-2-7-16-24/h1-2,4-7,13-16H,3,8-12,17-22H2. The van der Waals surface area contributed by atoms with Crippen molar-refractivity contribution in [3.8, 4) is 0 Å². The maximum atomic E-state index is 12.7. The van der Waals surface area contributed by atoms with E-state index in [0.29, 0.717) is 32.4 Å². The molecule has 0 atom stereocenters. The molecule has 0 unspecified atom stereocenters. The summed E-state index contributed by atoms with van der Waals surface area (Å²) in [7, 11) is 0. The minimum Gasteiger partial charge on any atom is -0.274 e. The smallest absolute Gasteiger partial charge is 0.274 e. The SMILES string of the molecule is O=C(CCCCCc1ccccc1)N1CCCN(C(=O)CCCCc2ccccc2)C1=O. The van der Waals surface area contributed by atoms with Gasteiger partial charge in [0.1, 0.15) is 0 Å². The zero-order valence-corrected chi connectivity index (χ0v) is 18.9. The highest BCUT2D eigenvalue weighted by Gasteiger charge is 2.33. The first kappa shape index (κ1) is 23.7.